The molecule has 4 aliphatic rings. The van der Waals surface area contributed by atoms with Crippen LogP contribution in [-0.4, -0.2) is 17.0 Å². The molecule has 0 aromatic carbocycles. The van der Waals surface area contributed by atoms with E-state index in [9.17, 15) is 9.90 Å². The van der Waals surface area contributed by atoms with Crippen molar-refractivity contribution in [3.8, 4) is 0 Å². The standard InChI is InChI=1S/C26H42O2/c1-6-8-16(3)19-9-10-20-23-21(12-14-25(19,20)4)26(5)13-11-17(27)15-22(26)18(7-2)24(23)28/h7,16-17,19-23,27H,6,8-15H2,1-5H3/t16-,17-,19-,20?,21?,22+,23+,25-,26-/m1/s1. The molecule has 1 N–H and O–H groups in total. The van der Waals surface area contributed by atoms with Crippen LogP contribution in [0.15, 0.2) is 11.6 Å². The highest BCUT2D eigenvalue weighted by molar-refractivity contribution is 5.99. The van der Waals surface area contributed by atoms with Crippen LogP contribution in [0.5, 0.6) is 0 Å². The van der Waals surface area contributed by atoms with Crippen LogP contribution in [-0.2, 0) is 4.79 Å². The van der Waals surface area contributed by atoms with Crippen LogP contribution in [0.2, 0.25) is 0 Å². The highest BCUT2D eigenvalue weighted by Gasteiger charge is 2.64. The normalized spacial score (nSPS) is 50.8. The van der Waals surface area contributed by atoms with Gasteiger partial charge in [0.2, 0.25) is 0 Å². The summed E-state index contributed by atoms with van der Waals surface area (Å²) < 4.78 is 0. The summed E-state index contributed by atoms with van der Waals surface area (Å²) in [5.74, 6) is 3.64. The topological polar surface area (TPSA) is 37.3 Å². The van der Waals surface area contributed by atoms with E-state index in [2.05, 4.69) is 40.7 Å². The van der Waals surface area contributed by atoms with Gasteiger partial charge in [0.05, 0.1) is 6.10 Å². The third kappa shape index (κ3) is 2.80. The number of fused-ring (bicyclic) bond motifs is 5. The number of ketones is 1. The fourth-order valence-corrected chi connectivity index (χ4v) is 8.82. The maximum atomic E-state index is 13.8. The van der Waals surface area contributed by atoms with E-state index in [1.807, 2.05) is 0 Å². The Morgan fingerprint density at radius 2 is 1.79 bits per heavy atom. The molecule has 0 aromatic heterocycles. The molecular weight excluding hydrogens is 344 g/mol. The number of hydrogen-bond acceptors (Lipinski definition) is 2. The summed E-state index contributed by atoms with van der Waals surface area (Å²) in [5, 5.41) is 10.4. The van der Waals surface area contributed by atoms with E-state index in [0.29, 0.717) is 23.0 Å². The number of hydrogen-bond donors (Lipinski definition) is 1. The molecule has 0 aliphatic heterocycles. The highest BCUT2D eigenvalue weighted by Crippen LogP contribution is 2.68. The molecule has 9 atom stereocenters. The summed E-state index contributed by atoms with van der Waals surface area (Å²) in [7, 11) is 0. The van der Waals surface area contributed by atoms with Crippen molar-refractivity contribution in [2.24, 2.45) is 46.3 Å². The van der Waals surface area contributed by atoms with Crippen molar-refractivity contribution in [1.82, 2.24) is 0 Å². The molecule has 0 saturated heterocycles. The molecule has 0 aromatic rings. The summed E-state index contributed by atoms with van der Waals surface area (Å²) in [4.78, 5) is 13.8. The van der Waals surface area contributed by atoms with Gasteiger partial charge in [-0.3, -0.25) is 4.79 Å². The molecule has 0 radical (unpaired) electrons. The van der Waals surface area contributed by atoms with Crippen molar-refractivity contribution in [2.75, 3.05) is 0 Å². The fraction of sp³-hybridized carbons (Fsp3) is 0.885. The maximum absolute atomic E-state index is 13.8. The van der Waals surface area contributed by atoms with E-state index >= 15 is 0 Å². The molecule has 28 heavy (non-hydrogen) atoms. The molecular formula is C26H42O2. The van der Waals surface area contributed by atoms with Crippen LogP contribution in [0, 0.1) is 46.3 Å². The number of carbonyl (C=O) groups is 1. The predicted octanol–water partition coefficient (Wildman–Crippen LogP) is 6.18. The van der Waals surface area contributed by atoms with Crippen molar-refractivity contribution in [3.63, 3.8) is 0 Å². The molecule has 0 heterocycles. The smallest absolute Gasteiger partial charge is 0.162 e. The van der Waals surface area contributed by atoms with Gasteiger partial charge in [0, 0.05) is 5.92 Å². The number of aliphatic hydroxyl groups is 1. The van der Waals surface area contributed by atoms with Gasteiger partial charge in [-0.05, 0) is 97.9 Å². The lowest BCUT2D eigenvalue weighted by atomic mass is 9.43. The third-order valence-corrected chi connectivity index (χ3v) is 10.2. The number of aliphatic hydroxyl groups excluding tert-OH is 1. The van der Waals surface area contributed by atoms with Crippen LogP contribution in [0.4, 0.5) is 0 Å². The van der Waals surface area contributed by atoms with Gasteiger partial charge >= 0.3 is 0 Å². The molecule has 4 fully saturated rings. The first-order valence-electron chi connectivity index (χ1n) is 12.2. The average molecular weight is 387 g/mol. The van der Waals surface area contributed by atoms with Crippen molar-refractivity contribution in [2.45, 2.75) is 98.5 Å². The van der Waals surface area contributed by atoms with Crippen molar-refractivity contribution in [3.05, 3.63) is 11.6 Å². The molecule has 0 bridgehead atoms. The molecule has 4 rings (SSSR count). The average Bonchev–Trinajstić information content (AvgIpc) is 3.01. The lowest BCUT2D eigenvalue weighted by Crippen LogP contribution is -2.58. The summed E-state index contributed by atoms with van der Waals surface area (Å²) >= 11 is 0. The first-order valence-corrected chi connectivity index (χ1v) is 12.2. The second-order valence-electron chi connectivity index (χ2n) is 11.3. The zero-order valence-corrected chi connectivity index (χ0v) is 18.8. The second-order valence-corrected chi connectivity index (χ2v) is 11.3. The van der Waals surface area contributed by atoms with Crippen molar-refractivity contribution >= 4 is 5.78 Å². The van der Waals surface area contributed by atoms with Gasteiger partial charge in [0.1, 0.15) is 0 Å². The van der Waals surface area contributed by atoms with Crippen LogP contribution >= 0.6 is 0 Å². The minimum atomic E-state index is -0.225. The minimum Gasteiger partial charge on any atom is -0.393 e. The fourth-order valence-electron chi connectivity index (χ4n) is 8.82. The van der Waals surface area contributed by atoms with Gasteiger partial charge in [-0.15, -0.1) is 0 Å². The SMILES string of the molecule is CC=C1C(=O)[C@H]2C3CC[C@H]([C@H](C)CCC)[C@@]3(C)CCC2[C@@]2(C)CC[C@@H](O)C[C@@H]12. The Kier molecular flexibility index (Phi) is 5.35. The van der Waals surface area contributed by atoms with Gasteiger partial charge in [0.25, 0.3) is 0 Å². The van der Waals surface area contributed by atoms with Gasteiger partial charge < -0.3 is 5.11 Å². The van der Waals surface area contributed by atoms with Crippen molar-refractivity contribution < 1.29 is 9.90 Å². The zero-order chi connectivity index (χ0) is 20.3. The van der Waals surface area contributed by atoms with E-state index < -0.39 is 0 Å². The highest BCUT2D eigenvalue weighted by atomic mass is 16.3. The van der Waals surface area contributed by atoms with Gasteiger partial charge in [-0.2, -0.15) is 0 Å². The quantitative estimate of drug-likeness (QED) is 0.588. The predicted molar refractivity (Wildman–Crippen MR) is 115 cm³/mol. The molecule has 4 aliphatic carbocycles. The van der Waals surface area contributed by atoms with Gasteiger partial charge in [0.15, 0.2) is 5.78 Å². The first kappa shape index (κ1) is 20.6. The minimum absolute atomic E-state index is 0.202. The summed E-state index contributed by atoms with van der Waals surface area (Å²) in [6, 6.07) is 0. The Labute approximate surface area is 172 Å². The lowest BCUT2D eigenvalue weighted by Gasteiger charge is -2.61. The second kappa shape index (κ2) is 7.25. The zero-order valence-electron chi connectivity index (χ0n) is 18.8. The Balaban J connectivity index is 1.70. The van der Waals surface area contributed by atoms with Crippen LogP contribution in [0.3, 0.4) is 0 Å². The molecule has 158 valence electrons. The molecule has 0 spiro atoms. The van der Waals surface area contributed by atoms with Crippen LogP contribution in [0.1, 0.15) is 92.4 Å². The summed E-state index contributed by atoms with van der Waals surface area (Å²) in [6.45, 7) is 11.8. The van der Waals surface area contributed by atoms with Gasteiger partial charge in [-0.1, -0.05) is 46.6 Å². The molecule has 0 amide bonds. The van der Waals surface area contributed by atoms with E-state index in [1.165, 1.54) is 38.5 Å². The Bertz CT molecular complexity index is 651. The maximum Gasteiger partial charge on any atom is 0.162 e. The first-order chi connectivity index (χ1) is 13.3. The number of allylic oxidation sites excluding steroid dienone is 2. The molecule has 2 unspecified atom stereocenters. The van der Waals surface area contributed by atoms with E-state index in [0.717, 1.165) is 36.7 Å². The monoisotopic (exact) mass is 386 g/mol. The Morgan fingerprint density at radius 1 is 1.11 bits per heavy atom. The molecule has 2 heteroatoms. The van der Waals surface area contributed by atoms with Crippen LogP contribution < -0.4 is 0 Å². The summed E-state index contributed by atoms with van der Waals surface area (Å²) in [6.07, 6.45) is 12.4. The largest absolute Gasteiger partial charge is 0.393 e. The Hall–Kier alpha value is -0.630. The van der Waals surface area contributed by atoms with E-state index in [-0.39, 0.29) is 23.4 Å². The number of rotatable bonds is 3. The lowest BCUT2D eigenvalue weighted by molar-refractivity contribution is -0.150. The number of Topliss-reactive ketones (excluding diaryl/α,β-unsaturated/α-hetero) is 1. The summed E-state index contributed by atoms with van der Waals surface area (Å²) in [5.41, 5.74) is 1.62. The van der Waals surface area contributed by atoms with Crippen molar-refractivity contribution in [1.29, 1.82) is 0 Å². The number of carbonyl (C=O) groups excluding carboxylic acids is 1. The van der Waals surface area contributed by atoms with E-state index in [4.69, 9.17) is 0 Å². The van der Waals surface area contributed by atoms with Crippen LogP contribution in [0.25, 0.3) is 0 Å². The third-order valence-electron chi connectivity index (χ3n) is 10.2. The molecule has 4 saturated carbocycles. The Morgan fingerprint density at radius 3 is 2.46 bits per heavy atom. The van der Waals surface area contributed by atoms with E-state index in [1.54, 1.807) is 0 Å². The van der Waals surface area contributed by atoms with Gasteiger partial charge in [-0.25, -0.2) is 0 Å². The molecule has 2 nitrogen and oxygen atoms in total.